The Morgan fingerprint density at radius 3 is 2.73 bits per heavy atom. The first-order valence-corrected chi connectivity index (χ1v) is 7.25. The van der Waals surface area contributed by atoms with Gasteiger partial charge in [-0.05, 0) is 43.4 Å². The van der Waals surface area contributed by atoms with Crippen molar-refractivity contribution >= 4 is 11.6 Å². The number of aryl methyl sites for hydroxylation is 2. The summed E-state index contributed by atoms with van der Waals surface area (Å²) >= 11 is 0. The van der Waals surface area contributed by atoms with Crippen LogP contribution in [0.4, 0.5) is 16.0 Å². The molecule has 0 saturated heterocycles. The molecule has 6 heteroatoms. The van der Waals surface area contributed by atoms with E-state index in [2.05, 4.69) is 15.3 Å². The second-order valence-corrected chi connectivity index (χ2v) is 5.16. The van der Waals surface area contributed by atoms with Gasteiger partial charge in [0.25, 0.3) is 0 Å². The molecule has 22 heavy (non-hydrogen) atoms. The predicted octanol–water partition coefficient (Wildman–Crippen LogP) is 3.26. The highest BCUT2D eigenvalue weighted by molar-refractivity contribution is 5.65. The summed E-state index contributed by atoms with van der Waals surface area (Å²) < 4.78 is 24.3. The molecule has 0 amide bonds. The van der Waals surface area contributed by atoms with Gasteiger partial charge < -0.3 is 14.8 Å². The van der Waals surface area contributed by atoms with Gasteiger partial charge in [0.2, 0.25) is 11.8 Å². The number of aromatic nitrogens is 2. The molecule has 0 atom stereocenters. The van der Waals surface area contributed by atoms with E-state index in [0.29, 0.717) is 11.6 Å². The molecule has 5 nitrogen and oxygen atoms in total. The van der Waals surface area contributed by atoms with Gasteiger partial charge in [0.05, 0.1) is 19.9 Å². The number of benzene rings is 1. The predicted molar refractivity (Wildman–Crippen MR) is 81.5 cm³/mol. The van der Waals surface area contributed by atoms with Crippen LogP contribution in [0.2, 0.25) is 0 Å². The summed E-state index contributed by atoms with van der Waals surface area (Å²) in [5.74, 6) is 0.117. The summed E-state index contributed by atoms with van der Waals surface area (Å²) in [5.41, 5.74) is 2.73. The number of anilines is 2. The van der Waals surface area contributed by atoms with Crippen molar-refractivity contribution in [1.82, 2.24) is 9.97 Å². The van der Waals surface area contributed by atoms with Gasteiger partial charge in [-0.1, -0.05) is 0 Å². The number of halogens is 1. The average molecular weight is 303 g/mol. The van der Waals surface area contributed by atoms with E-state index in [0.717, 1.165) is 25.0 Å². The lowest BCUT2D eigenvalue weighted by Gasteiger charge is -2.16. The zero-order valence-corrected chi connectivity index (χ0v) is 12.6. The van der Waals surface area contributed by atoms with Crippen LogP contribution in [-0.4, -0.2) is 24.2 Å². The maximum Gasteiger partial charge on any atom is 0.227 e. The van der Waals surface area contributed by atoms with E-state index in [1.807, 2.05) is 6.20 Å². The second-order valence-electron chi connectivity index (χ2n) is 5.16. The molecule has 1 aromatic heterocycles. The van der Waals surface area contributed by atoms with Crippen molar-refractivity contribution in [3.8, 4) is 11.5 Å². The van der Waals surface area contributed by atoms with E-state index in [1.165, 1.54) is 26.2 Å². The van der Waals surface area contributed by atoms with E-state index in [-0.39, 0.29) is 11.5 Å². The standard InChI is InChI=1S/C16H18FN3O2/c1-21-13-8-7-12(15(22-2)14(13)17)20-16-18-9-10-5-3-4-6-11(10)19-16/h7-9H,3-6H2,1-2H3,(H,18,19,20). The molecule has 1 aliphatic carbocycles. The molecule has 116 valence electrons. The van der Waals surface area contributed by atoms with Crippen LogP contribution in [0.3, 0.4) is 0 Å². The normalized spacial score (nSPS) is 13.4. The lowest BCUT2D eigenvalue weighted by Crippen LogP contribution is -2.09. The van der Waals surface area contributed by atoms with Crippen LogP contribution in [0.25, 0.3) is 0 Å². The van der Waals surface area contributed by atoms with Crippen molar-refractivity contribution in [1.29, 1.82) is 0 Å². The first-order valence-electron chi connectivity index (χ1n) is 7.25. The van der Waals surface area contributed by atoms with Crippen LogP contribution in [0, 0.1) is 5.82 Å². The monoisotopic (exact) mass is 303 g/mol. The Bertz CT molecular complexity index is 691. The Morgan fingerprint density at radius 1 is 1.14 bits per heavy atom. The number of fused-ring (bicyclic) bond motifs is 1. The molecule has 0 saturated carbocycles. The van der Waals surface area contributed by atoms with E-state index in [9.17, 15) is 4.39 Å². The van der Waals surface area contributed by atoms with Crippen molar-refractivity contribution in [3.05, 3.63) is 35.4 Å². The lowest BCUT2D eigenvalue weighted by molar-refractivity contribution is 0.352. The summed E-state index contributed by atoms with van der Waals surface area (Å²) in [6.45, 7) is 0. The van der Waals surface area contributed by atoms with Gasteiger partial charge in [-0.3, -0.25) is 0 Å². The van der Waals surface area contributed by atoms with Gasteiger partial charge >= 0.3 is 0 Å². The highest BCUT2D eigenvalue weighted by atomic mass is 19.1. The third-order valence-electron chi connectivity index (χ3n) is 3.80. The number of methoxy groups -OCH3 is 2. The molecule has 1 aliphatic rings. The molecule has 0 aliphatic heterocycles. The molecule has 1 heterocycles. The van der Waals surface area contributed by atoms with Gasteiger partial charge in [0, 0.05) is 11.9 Å². The van der Waals surface area contributed by atoms with Crippen molar-refractivity contribution in [2.45, 2.75) is 25.7 Å². The molecular weight excluding hydrogens is 285 g/mol. The zero-order chi connectivity index (χ0) is 15.5. The third-order valence-corrected chi connectivity index (χ3v) is 3.80. The fraction of sp³-hybridized carbons (Fsp3) is 0.375. The Kier molecular flexibility index (Phi) is 4.09. The van der Waals surface area contributed by atoms with E-state index in [4.69, 9.17) is 9.47 Å². The van der Waals surface area contributed by atoms with Gasteiger partial charge in [-0.25, -0.2) is 9.97 Å². The first kappa shape index (κ1) is 14.6. The number of hydrogen-bond donors (Lipinski definition) is 1. The minimum atomic E-state index is -0.548. The van der Waals surface area contributed by atoms with Gasteiger partial charge in [0.15, 0.2) is 11.5 Å². The minimum absolute atomic E-state index is 0.0840. The van der Waals surface area contributed by atoms with Gasteiger partial charge in [0.1, 0.15) is 0 Å². The maximum absolute atomic E-state index is 14.2. The molecule has 3 rings (SSSR count). The Hall–Kier alpha value is -2.37. The Labute approximate surface area is 128 Å². The maximum atomic E-state index is 14.2. The number of nitrogens with zero attached hydrogens (tertiary/aromatic N) is 2. The highest BCUT2D eigenvalue weighted by Crippen LogP contribution is 2.35. The fourth-order valence-electron chi connectivity index (χ4n) is 2.65. The quantitative estimate of drug-likeness (QED) is 0.939. The molecule has 0 spiro atoms. The van der Waals surface area contributed by atoms with Crippen LogP contribution in [0.5, 0.6) is 11.5 Å². The van der Waals surface area contributed by atoms with Gasteiger partial charge in [-0.2, -0.15) is 4.39 Å². The second kappa shape index (κ2) is 6.17. The van der Waals surface area contributed by atoms with Crippen LogP contribution >= 0.6 is 0 Å². The van der Waals surface area contributed by atoms with Crippen LogP contribution in [-0.2, 0) is 12.8 Å². The molecule has 1 aromatic carbocycles. The molecule has 0 unspecified atom stereocenters. The van der Waals surface area contributed by atoms with Crippen molar-refractivity contribution < 1.29 is 13.9 Å². The molecule has 0 bridgehead atoms. The topological polar surface area (TPSA) is 56.3 Å². The largest absolute Gasteiger partial charge is 0.494 e. The molecular formula is C16H18FN3O2. The van der Waals surface area contributed by atoms with Crippen LogP contribution < -0.4 is 14.8 Å². The van der Waals surface area contributed by atoms with E-state index in [1.54, 1.807) is 12.1 Å². The first-order chi connectivity index (χ1) is 10.7. The Morgan fingerprint density at radius 2 is 1.95 bits per heavy atom. The van der Waals surface area contributed by atoms with E-state index >= 15 is 0 Å². The number of hydrogen-bond acceptors (Lipinski definition) is 5. The summed E-state index contributed by atoms with van der Waals surface area (Å²) in [6.07, 6.45) is 6.15. The lowest BCUT2D eigenvalue weighted by atomic mass is 9.98. The van der Waals surface area contributed by atoms with E-state index < -0.39 is 5.82 Å². The summed E-state index contributed by atoms with van der Waals surface area (Å²) in [4.78, 5) is 8.83. The molecule has 1 N–H and O–H groups in total. The fourth-order valence-corrected chi connectivity index (χ4v) is 2.65. The van der Waals surface area contributed by atoms with Crippen molar-refractivity contribution in [2.75, 3.05) is 19.5 Å². The van der Waals surface area contributed by atoms with Crippen molar-refractivity contribution in [2.24, 2.45) is 0 Å². The summed E-state index contributed by atoms with van der Waals surface area (Å²) in [7, 11) is 2.83. The highest BCUT2D eigenvalue weighted by Gasteiger charge is 2.17. The smallest absolute Gasteiger partial charge is 0.227 e. The summed E-state index contributed by atoms with van der Waals surface area (Å²) in [6, 6.07) is 3.22. The number of rotatable bonds is 4. The minimum Gasteiger partial charge on any atom is -0.494 e. The van der Waals surface area contributed by atoms with Crippen molar-refractivity contribution in [3.63, 3.8) is 0 Å². The zero-order valence-electron chi connectivity index (χ0n) is 12.6. The average Bonchev–Trinajstić information content (AvgIpc) is 2.55. The Balaban J connectivity index is 1.91. The van der Waals surface area contributed by atoms with Crippen LogP contribution in [0.1, 0.15) is 24.1 Å². The molecule has 2 aromatic rings. The number of nitrogens with one attached hydrogen (secondary N) is 1. The molecule has 0 fully saturated rings. The third kappa shape index (κ3) is 2.68. The summed E-state index contributed by atoms with van der Waals surface area (Å²) in [5, 5.41) is 3.02. The SMILES string of the molecule is COc1ccc(Nc2ncc3c(n2)CCCC3)c(OC)c1F. The number of ether oxygens (including phenoxy) is 2. The van der Waals surface area contributed by atoms with Gasteiger partial charge in [-0.15, -0.1) is 0 Å². The molecule has 0 radical (unpaired) electrons. The van der Waals surface area contributed by atoms with Crippen LogP contribution in [0.15, 0.2) is 18.3 Å².